The van der Waals surface area contributed by atoms with Crippen LogP contribution in [-0.2, 0) is 19.2 Å². The number of hydrogen-bond donors (Lipinski definition) is 5. The first kappa shape index (κ1) is 31.0. The van der Waals surface area contributed by atoms with Crippen LogP contribution >= 0.6 is 0 Å². The molecule has 3 amide bonds. The topological polar surface area (TPSA) is 156 Å². The van der Waals surface area contributed by atoms with E-state index in [1.807, 2.05) is 41.5 Å². The summed E-state index contributed by atoms with van der Waals surface area (Å²) in [7, 11) is 0. The Morgan fingerprint density at radius 1 is 0.727 bits per heavy atom. The molecule has 0 aromatic carbocycles. The number of carbonyl (C=O) groups is 4. The van der Waals surface area contributed by atoms with Gasteiger partial charge in [-0.15, -0.1) is 0 Å². The highest BCUT2D eigenvalue weighted by atomic mass is 16.2. The van der Waals surface area contributed by atoms with Gasteiger partial charge in [0.2, 0.25) is 17.7 Å². The second-order valence-corrected chi connectivity index (χ2v) is 10.2. The van der Waals surface area contributed by atoms with Gasteiger partial charge < -0.3 is 32.2 Å². The third kappa shape index (κ3) is 14.0. The van der Waals surface area contributed by atoms with E-state index in [-0.39, 0.29) is 17.8 Å². The van der Waals surface area contributed by atoms with Crippen molar-refractivity contribution in [1.82, 2.24) is 16.0 Å². The Balaban J connectivity index is 5.33. The summed E-state index contributed by atoms with van der Waals surface area (Å²) < 4.78 is 0. The van der Waals surface area contributed by atoms with E-state index < -0.39 is 41.9 Å². The second kappa shape index (κ2) is 16.6. The maximum absolute atomic E-state index is 13.1. The normalized spacial score (nSPS) is 15.1. The summed E-state index contributed by atoms with van der Waals surface area (Å²) in [5, 5.41) is 8.29. The standard InChI is InChI=1S/C24H47N5O4/c1-15(2)11-18(14-30)27-23(32)20(12-16(3)4)29-24(33)21(13-17(5)6)28-22(31)19(26)9-7-8-10-25/h14-21H,7-13,25-26H2,1-6H3,(H,27,32)(H,28,31)(H,29,33)/t18-,19-,20-,21-/m0/s1. The van der Waals surface area contributed by atoms with Gasteiger partial charge in [0.15, 0.2) is 0 Å². The van der Waals surface area contributed by atoms with Crippen molar-refractivity contribution in [2.45, 2.75) is 104 Å². The molecule has 0 heterocycles. The largest absolute Gasteiger partial charge is 0.345 e. The smallest absolute Gasteiger partial charge is 0.243 e. The number of rotatable bonds is 17. The highest BCUT2D eigenvalue weighted by Gasteiger charge is 2.30. The Morgan fingerprint density at radius 3 is 1.61 bits per heavy atom. The van der Waals surface area contributed by atoms with Crippen molar-refractivity contribution < 1.29 is 19.2 Å². The van der Waals surface area contributed by atoms with Crippen molar-refractivity contribution in [3.05, 3.63) is 0 Å². The van der Waals surface area contributed by atoms with Crippen LogP contribution in [0.5, 0.6) is 0 Å². The molecule has 0 radical (unpaired) electrons. The third-order valence-electron chi connectivity index (χ3n) is 5.20. The molecule has 192 valence electrons. The van der Waals surface area contributed by atoms with Crippen molar-refractivity contribution in [3.8, 4) is 0 Å². The summed E-state index contributed by atoms with van der Waals surface area (Å²) in [6.45, 7) is 12.3. The van der Waals surface area contributed by atoms with Crippen LogP contribution in [0.4, 0.5) is 0 Å². The van der Waals surface area contributed by atoms with Gasteiger partial charge in [-0.25, -0.2) is 0 Å². The molecule has 0 unspecified atom stereocenters. The van der Waals surface area contributed by atoms with Crippen LogP contribution in [0, 0.1) is 17.8 Å². The molecule has 0 aromatic rings. The van der Waals surface area contributed by atoms with Crippen LogP contribution in [0.1, 0.15) is 80.1 Å². The minimum atomic E-state index is -0.808. The lowest BCUT2D eigenvalue weighted by atomic mass is 9.99. The molecule has 0 fully saturated rings. The maximum Gasteiger partial charge on any atom is 0.243 e. The van der Waals surface area contributed by atoms with Gasteiger partial charge in [0.1, 0.15) is 18.4 Å². The summed E-state index contributed by atoms with van der Waals surface area (Å²) in [5.74, 6) is -0.720. The van der Waals surface area contributed by atoms with Gasteiger partial charge in [0.05, 0.1) is 12.1 Å². The number of unbranched alkanes of at least 4 members (excludes halogenated alkanes) is 1. The van der Waals surface area contributed by atoms with Gasteiger partial charge in [0.25, 0.3) is 0 Å². The molecule has 0 spiro atoms. The predicted molar refractivity (Wildman–Crippen MR) is 131 cm³/mol. The Bertz CT molecular complexity index is 610. The molecular formula is C24H47N5O4. The monoisotopic (exact) mass is 469 g/mol. The minimum Gasteiger partial charge on any atom is -0.345 e. The Kier molecular flexibility index (Phi) is 15.6. The van der Waals surface area contributed by atoms with Crippen molar-refractivity contribution in [2.24, 2.45) is 29.2 Å². The highest BCUT2D eigenvalue weighted by molar-refractivity contribution is 5.93. The summed E-state index contributed by atoms with van der Waals surface area (Å²) >= 11 is 0. The lowest BCUT2D eigenvalue weighted by Gasteiger charge is -2.27. The summed E-state index contributed by atoms with van der Waals surface area (Å²) in [4.78, 5) is 49.9. The van der Waals surface area contributed by atoms with Crippen molar-refractivity contribution in [2.75, 3.05) is 6.54 Å². The van der Waals surface area contributed by atoms with E-state index in [0.29, 0.717) is 32.2 Å². The molecule has 0 aliphatic rings. The molecule has 0 saturated heterocycles. The predicted octanol–water partition coefficient (Wildman–Crippen LogP) is 1.23. The van der Waals surface area contributed by atoms with Crippen molar-refractivity contribution >= 4 is 24.0 Å². The van der Waals surface area contributed by atoms with Gasteiger partial charge in [-0.3, -0.25) is 14.4 Å². The third-order valence-corrected chi connectivity index (χ3v) is 5.20. The molecule has 0 bridgehead atoms. The number of aldehydes is 1. The van der Waals surface area contributed by atoms with E-state index in [0.717, 1.165) is 19.1 Å². The zero-order chi connectivity index (χ0) is 25.6. The summed E-state index contributed by atoms with van der Waals surface area (Å²) in [6.07, 6.45) is 4.06. The first-order valence-corrected chi connectivity index (χ1v) is 12.2. The first-order chi connectivity index (χ1) is 15.4. The van der Waals surface area contributed by atoms with E-state index in [1.54, 1.807) is 0 Å². The van der Waals surface area contributed by atoms with Crippen molar-refractivity contribution in [1.29, 1.82) is 0 Å². The lowest BCUT2D eigenvalue weighted by molar-refractivity contribution is -0.133. The Morgan fingerprint density at radius 2 is 1.18 bits per heavy atom. The average molecular weight is 470 g/mol. The lowest BCUT2D eigenvalue weighted by Crippen LogP contribution is -2.57. The number of nitrogens with one attached hydrogen (secondary N) is 3. The molecular weight excluding hydrogens is 422 g/mol. The van der Waals surface area contributed by atoms with Gasteiger partial charge in [0, 0.05) is 0 Å². The molecule has 0 saturated carbocycles. The average Bonchev–Trinajstić information content (AvgIpc) is 2.71. The van der Waals surface area contributed by atoms with Crippen LogP contribution in [0.25, 0.3) is 0 Å². The van der Waals surface area contributed by atoms with Gasteiger partial charge in [-0.2, -0.15) is 0 Å². The molecule has 9 nitrogen and oxygen atoms in total. The molecule has 9 heteroatoms. The number of carbonyl (C=O) groups excluding carboxylic acids is 4. The Hall–Kier alpha value is -2.00. The number of hydrogen-bond acceptors (Lipinski definition) is 6. The molecule has 4 atom stereocenters. The van der Waals surface area contributed by atoms with E-state index in [2.05, 4.69) is 16.0 Å². The highest BCUT2D eigenvalue weighted by Crippen LogP contribution is 2.11. The molecule has 7 N–H and O–H groups in total. The first-order valence-electron chi connectivity index (χ1n) is 12.2. The van der Waals surface area contributed by atoms with E-state index >= 15 is 0 Å². The van der Waals surface area contributed by atoms with E-state index in [1.165, 1.54) is 0 Å². The SMILES string of the molecule is CC(C)C[C@@H](C=O)NC(=O)[C@H](CC(C)C)NC(=O)[C@H](CC(C)C)NC(=O)[C@@H](N)CCCCN. The summed E-state index contributed by atoms with van der Waals surface area (Å²) in [6, 6.07) is -2.95. The van der Waals surface area contributed by atoms with Crippen LogP contribution in [0.2, 0.25) is 0 Å². The van der Waals surface area contributed by atoms with Gasteiger partial charge in [-0.05, 0) is 56.4 Å². The van der Waals surface area contributed by atoms with Gasteiger partial charge >= 0.3 is 0 Å². The molecule has 33 heavy (non-hydrogen) atoms. The fourth-order valence-corrected chi connectivity index (χ4v) is 3.54. The zero-order valence-corrected chi connectivity index (χ0v) is 21.4. The molecule has 0 aliphatic heterocycles. The molecule has 0 aliphatic carbocycles. The van der Waals surface area contributed by atoms with E-state index in [9.17, 15) is 19.2 Å². The zero-order valence-electron chi connectivity index (χ0n) is 21.4. The number of amides is 3. The molecule has 0 rings (SSSR count). The molecule has 0 aromatic heterocycles. The maximum atomic E-state index is 13.1. The van der Waals surface area contributed by atoms with Crippen molar-refractivity contribution in [3.63, 3.8) is 0 Å². The fourth-order valence-electron chi connectivity index (χ4n) is 3.54. The van der Waals surface area contributed by atoms with E-state index in [4.69, 9.17) is 11.5 Å². The fraction of sp³-hybridized carbons (Fsp3) is 0.833. The van der Waals surface area contributed by atoms with Crippen LogP contribution < -0.4 is 27.4 Å². The second-order valence-electron chi connectivity index (χ2n) is 10.2. The Labute approximate surface area is 199 Å². The van der Waals surface area contributed by atoms with Gasteiger partial charge in [-0.1, -0.05) is 48.0 Å². The number of nitrogens with two attached hydrogens (primary N) is 2. The van der Waals surface area contributed by atoms with Crippen LogP contribution in [0.3, 0.4) is 0 Å². The summed E-state index contributed by atoms with van der Waals surface area (Å²) in [5.41, 5.74) is 11.5. The van der Waals surface area contributed by atoms with Crippen LogP contribution in [0.15, 0.2) is 0 Å². The minimum absolute atomic E-state index is 0.134. The quantitative estimate of drug-likeness (QED) is 0.159. The van der Waals surface area contributed by atoms with Crippen LogP contribution in [-0.4, -0.2) is 54.7 Å².